The minimum absolute atomic E-state index is 0.307. The number of nitrogens with one attached hydrogen (secondary N) is 1. The summed E-state index contributed by atoms with van der Waals surface area (Å²) in [5.41, 5.74) is 1.80. The second kappa shape index (κ2) is 6.53. The Balaban J connectivity index is 1.83. The van der Waals surface area contributed by atoms with E-state index in [0.29, 0.717) is 18.4 Å². The third-order valence-corrected chi connectivity index (χ3v) is 3.91. The average molecular weight is 244 g/mol. The van der Waals surface area contributed by atoms with Crippen molar-refractivity contribution in [3.8, 4) is 6.07 Å². The summed E-state index contributed by atoms with van der Waals surface area (Å²) in [5.74, 6) is 1.05. The van der Waals surface area contributed by atoms with Gasteiger partial charge in [-0.15, -0.1) is 0 Å². The van der Waals surface area contributed by atoms with Crippen LogP contribution in [0.2, 0.25) is 0 Å². The summed E-state index contributed by atoms with van der Waals surface area (Å²) >= 11 is 0. The topological polar surface area (TPSA) is 56.0 Å². The molecule has 1 aromatic rings. The highest BCUT2D eigenvalue weighted by Gasteiger charge is 2.25. The molecule has 18 heavy (non-hydrogen) atoms. The van der Waals surface area contributed by atoms with Crippen molar-refractivity contribution in [2.75, 3.05) is 13.2 Å². The van der Waals surface area contributed by atoms with Gasteiger partial charge in [0, 0.05) is 13.2 Å². The van der Waals surface area contributed by atoms with Gasteiger partial charge in [0.15, 0.2) is 0 Å². The fraction of sp³-hybridized carbons (Fsp3) is 0.533. The smallest absolute Gasteiger partial charge is 0.0995 e. The van der Waals surface area contributed by atoms with Crippen LogP contribution in [0.3, 0.4) is 0 Å². The number of benzene rings is 1. The Morgan fingerprint density at radius 1 is 1.28 bits per heavy atom. The molecule has 3 nitrogen and oxygen atoms in total. The molecule has 2 N–H and O–H groups in total. The van der Waals surface area contributed by atoms with Crippen molar-refractivity contribution in [2.24, 2.45) is 11.8 Å². The van der Waals surface area contributed by atoms with E-state index in [1.54, 1.807) is 0 Å². The quantitative estimate of drug-likeness (QED) is 0.833. The molecule has 0 radical (unpaired) electrons. The normalized spacial score (nSPS) is 22.9. The Hall–Kier alpha value is -1.37. The maximum atomic E-state index is 9.26. The Morgan fingerprint density at radius 3 is 2.83 bits per heavy atom. The predicted octanol–water partition coefficient (Wildman–Crippen LogP) is 2.06. The van der Waals surface area contributed by atoms with Gasteiger partial charge in [-0.3, -0.25) is 0 Å². The van der Waals surface area contributed by atoms with Crippen LogP contribution in [0.5, 0.6) is 0 Å². The number of hydrogen-bond donors (Lipinski definition) is 2. The van der Waals surface area contributed by atoms with Crippen LogP contribution >= 0.6 is 0 Å². The molecule has 1 aliphatic carbocycles. The van der Waals surface area contributed by atoms with E-state index in [1.807, 2.05) is 24.3 Å². The minimum Gasteiger partial charge on any atom is -0.396 e. The second-order valence-corrected chi connectivity index (χ2v) is 5.03. The lowest BCUT2D eigenvalue weighted by molar-refractivity contribution is 0.192. The second-order valence-electron chi connectivity index (χ2n) is 5.03. The maximum absolute atomic E-state index is 9.26. The minimum atomic E-state index is 0.307. The van der Waals surface area contributed by atoms with Crippen LogP contribution in [0.4, 0.5) is 0 Å². The third kappa shape index (κ3) is 3.10. The molecule has 1 aliphatic rings. The van der Waals surface area contributed by atoms with E-state index in [2.05, 4.69) is 11.4 Å². The first-order chi connectivity index (χ1) is 8.85. The Bertz CT molecular complexity index is 425. The molecule has 1 saturated carbocycles. The van der Waals surface area contributed by atoms with E-state index in [1.165, 1.54) is 12.8 Å². The van der Waals surface area contributed by atoms with Crippen LogP contribution in [0.25, 0.3) is 0 Å². The fourth-order valence-electron chi connectivity index (χ4n) is 2.80. The van der Waals surface area contributed by atoms with Crippen molar-refractivity contribution < 1.29 is 5.11 Å². The molecular weight excluding hydrogens is 224 g/mol. The van der Waals surface area contributed by atoms with E-state index in [-0.39, 0.29) is 0 Å². The predicted molar refractivity (Wildman–Crippen MR) is 70.8 cm³/mol. The van der Waals surface area contributed by atoms with Gasteiger partial charge in [0.05, 0.1) is 11.6 Å². The summed E-state index contributed by atoms with van der Waals surface area (Å²) in [6, 6.07) is 9.91. The van der Waals surface area contributed by atoms with Crippen LogP contribution < -0.4 is 5.32 Å². The molecule has 0 heterocycles. The first kappa shape index (κ1) is 13.1. The van der Waals surface area contributed by atoms with Gasteiger partial charge in [-0.1, -0.05) is 24.6 Å². The van der Waals surface area contributed by atoms with Gasteiger partial charge in [-0.25, -0.2) is 0 Å². The Kier molecular flexibility index (Phi) is 4.74. The summed E-state index contributed by atoms with van der Waals surface area (Å²) in [6.07, 6.45) is 3.59. The van der Waals surface area contributed by atoms with Crippen molar-refractivity contribution in [3.63, 3.8) is 0 Å². The number of aliphatic hydroxyl groups is 1. The van der Waals surface area contributed by atoms with E-state index in [0.717, 1.165) is 30.6 Å². The van der Waals surface area contributed by atoms with Crippen molar-refractivity contribution in [1.29, 1.82) is 5.26 Å². The standard InChI is InChI=1S/C15H20N2O/c16-8-12-4-1-2-5-13(12)9-17-10-14-6-3-7-15(14)11-18/h1-2,4-5,14-15,17-18H,3,6-7,9-11H2. The summed E-state index contributed by atoms with van der Waals surface area (Å²) in [5, 5.41) is 21.7. The molecule has 0 saturated heterocycles. The highest BCUT2D eigenvalue weighted by atomic mass is 16.3. The summed E-state index contributed by atoms with van der Waals surface area (Å²) < 4.78 is 0. The highest BCUT2D eigenvalue weighted by molar-refractivity contribution is 5.37. The largest absolute Gasteiger partial charge is 0.396 e. The van der Waals surface area contributed by atoms with Gasteiger partial charge in [-0.2, -0.15) is 5.26 Å². The third-order valence-electron chi connectivity index (χ3n) is 3.91. The molecule has 1 aromatic carbocycles. The zero-order valence-electron chi connectivity index (χ0n) is 10.6. The van der Waals surface area contributed by atoms with E-state index >= 15 is 0 Å². The van der Waals surface area contributed by atoms with Gasteiger partial charge in [0.2, 0.25) is 0 Å². The zero-order chi connectivity index (χ0) is 12.8. The lowest BCUT2D eigenvalue weighted by atomic mass is 9.97. The highest BCUT2D eigenvalue weighted by Crippen LogP contribution is 2.30. The summed E-state index contributed by atoms with van der Waals surface area (Å²) in [7, 11) is 0. The number of nitrogens with zero attached hydrogens (tertiary/aromatic N) is 1. The molecule has 1 fully saturated rings. The molecule has 0 spiro atoms. The monoisotopic (exact) mass is 244 g/mol. The van der Waals surface area contributed by atoms with E-state index in [9.17, 15) is 5.11 Å². The van der Waals surface area contributed by atoms with Crippen molar-refractivity contribution >= 4 is 0 Å². The van der Waals surface area contributed by atoms with Crippen LogP contribution in [0.1, 0.15) is 30.4 Å². The van der Waals surface area contributed by atoms with Gasteiger partial charge in [-0.05, 0) is 42.9 Å². The van der Waals surface area contributed by atoms with Crippen molar-refractivity contribution in [2.45, 2.75) is 25.8 Å². The first-order valence-electron chi connectivity index (χ1n) is 6.64. The molecule has 3 heteroatoms. The Labute approximate surface area is 108 Å². The molecule has 2 atom stereocenters. The van der Waals surface area contributed by atoms with Gasteiger partial charge in [0.1, 0.15) is 0 Å². The van der Waals surface area contributed by atoms with Gasteiger partial charge < -0.3 is 10.4 Å². The lowest BCUT2D eigenvalue weighted by Crippen LogP contribution is -2.26. The van der Waals surface area contributed by atoms with Crippen molar-refractivity contribution in [1.82, 2.24) is 5.32 Å². The Morgan fingerprint density at radius 2 is 2.06 bits per heavy atom. The summed E-state index contributed by atoms with van der Waals surface area (Å²) in [6.45, 7) is 1.98. The molecule has 0 bridgehead atoms. The number of nitriles is 1. The molecule has 0 amide bonds. The maximum Gasteiger partial charge on any atom is 0.0995 e. The van der Waals surface area contributed by atoms with Crippen LogP contribution in [0.15, 0.2) is 24.3 Å². The summed E-state index contributed by atoms with van der Waals surface area (Å²) in [4.78, 5) is 0. The van der Waals surface area contributed by atoms with Crippen LogP contribution in [0, 0.1) is 23.2 Å². The molecule has 96 valence electrons. The molecule has 0 aliphatic heterocycles. The van der Waals surface area contributed by atoms with Crippen LogP contribution in [-0.4, -0.2) is 18.3 Å². The molecular formula is C15H20N2O. The SMILES string of the molecule is N#Cc1ccccc1CNCC1CCCC1CO. The molecule has 0 aromatic heterocycles. The van der Waals surface area contributed by atoms with Crippen LogP contribution in [-0.2, 0) is 6.54 Å². The van der Waals surface area contributed by atoms with Gasteiger partial charge in [0.25, 0.3) is 0 Å². The zero-order valence-corrected chi connectivity index (χ0v) is 10.6. The van der Waals surface area contributed by atoms with Gasteiger partial charge >= 0.3 is 0 Å². The van der Waals surface area contributed by atoms with E-state index < -0.39 is 0 Å². The number of aliphatic hydroxyl groups excluding tert-OH is 1. The molecule has 2 unspecified atom stereocenters. The average Bonchev–Trinajstić information content (AvgIpc) is 2.87. The van der Waals surface area contributed by atoms with E-state index in [4.69, 9.17) is 5.26 Å². The first-order valence-corrected chi connectivity index (χ1v) is 6.64. The molecule has 2 rings (SSSR count). The van der Waals surface area contributed by atoms with Crippen molar-refractivity contribution in [3.05, 3.63) is 35.4 Å². The number of rotatable bonds is 5. The number of hydrogen-bond acceptors (Lipinski definition) is 3. The lowest BCUT2D eigenvalue weighted by Gasteiger charge is -2.18. The fourth-order valence-corrected chi connectivity index (χ4v) is 2.80.